The summed E-state index contributed by atoms with van der Waals surface area (Å²) in [6, 6.07) is 7.87. The largest absolute Gasteiger partial charge is 0.465 e. The Morgan fingerprint density at radius 2 is 1.69 bits per heavy atom. The molecule has 2 rings (SSSR count). The maximum Gasteiger partial charge on any atom is 0.416 e. The Morgan fingerprint density at radius 3 is 2.19 bits per heavy atom. The summed E-state index contributed by atoms with van der Waals surface area (Å²) in [7, 11) is -1.43. The topological polar surface area (TPSA) is 84.5 Å². The average molecular weight is 388 g/mol. The first-order chi connectivity index (χ1) is 12.1. The van der Waals surface area contributed by atoms with Crippen molar-refractivity contribution in [2.75, 3.05) is 19.5 Å². The van der Waals surface area contributed by atoms with E-state index in [1.165, 1.54) is 31.3 Å². The van der Waals surface area contributed by atoms with Crippen LogP contribution in [-0.4, -0.2) is 28.5 Å². The molecule has 0 saturated heterocycles. The zero-order valence-electron chi connectivity index (χ0n) is 13.7. The fourth-order valence-electron chi connectivity index (χ4n) is 2.09. The third kappa shape index (κ3) is 4.33. The van der Waals surface area contributed by atoms with Gasteiger partial charge >= 0.3 is 12.1 Å². The minimum atomic E-state index is -4.46. The third-order valence-corrected chi connectivity index (χ3v) is 4.88. The van der Waals surface area contributed by atoms with Crippen LogP contribution < -0.4 is 10.0 Å². The number of rotatable bonds is 5. The van der Waals surface area contributed by atoms with E-state index in [9.17, 15) is 26.4 Å². The Labute approximate surface area is 148 Å². The van der Waals surface area contributed by atoms with E-state index in [4.69, 9.17) is 0 Å². The fourth-order valence-corrected chi connectivity index (χ4v) is 2.85. The van der Waals surface area contributed by atoms with Gasteiger partial charge in [-0.05, 0) is 49.5 Å². The molecule has 0 amide bonds. The van der Waals surface area contributed by atoms with E-state index in [1.54, 1.807) is 0 Å². The van der Waals surface area contributed by atoms with E-state index in [0.29, 0.717) is 0 Å². The van der Waals surface area contributed by atoms with Gasteiger partial charge in [-0.15, -0.1) is 0 Å². The molecule has 0 unspecified atom stereocenters. The monoisotopic (exact) mass is 388 g/mol. The number of hydrogen-bond acceptors (Lipinski definition) is 5. The van der Waals surface area contributed by atoms with Crippen LogP contribution in [0, 0.1) is 0 Å². The van der Waals surface area contributed by atoms with E-state index in [-0.39, 0.29) is 21.8 Å². The summed E-state index contributed by atoms with van der Waals surface area (Å²) in [5.41, 5.74) is -0.422. The molecule has 6 nitrogen and oxygen atoms in total. The lowest BCUT2D eigenvalue weighted by Crippen LogP contribution is -2.19. The Bertz CT molecular complexity index is 910. The van der Waals surface area contributed by atoms with Crippen molar-refractivity contribution < 1.29 is 31.1 Å². The maximum atomic E-state index is 12.6. The van der Waals surface area contributed by atoms with E-state index >= 15 is 0 Å². The van der Waals surface area contributed by atoms with Gasteiger partial charge in [0.15, 0.2) is 0 Å². The van der Waals surface area contributed by atoms with Crippen molar-refractivity contribution in [2.45, 2.75) is 11.1 Å². The van der Waals surface area contributed by atoms with E-state index in [0.717, 1.165) is 25.3 Å². The number of benzene rings is 2. The van der Waals surface area contributed by atoms with Crippen molar-refractivity contribution in [3.63, 3.8) is 0 Å². The van der Waals surface area contributed by atoms with Gasteiger partial charge in [-0.1, -0.05) is 0 Å². The number of nitrogens with one attached hydrogen (secondary N) is 2. The first-order valence-electron chi connectivity index (χ1n) is 7.18. The smallest absolute Gasteiger partial charge is 0.416 e. The van der Waals surface area contributed by atoms with Crippen molar-refractivity contribution in [2.24, 2.45) is 0 Å². The summed E-state index contributed by atoms with van der Waals surface area (Å²) in [6.45, 7) is 0. The molecular weight excluding hydrogens is 373 g/mol. The van der Waals surface area contributed by atoms with Crippen molar-refractivity contribution in [1.82, 2.24) is 4.72 Å². The summed E-state index contributed by atoms with van der Waals surface area (Å²) >= 11 is 0. The Kier molecular flexibility index (Phi) is 5.57. The second-order valence-corrected chi connectivity index (χ2v) is 6.99. The van der Waals surface area contributed by atoms with Crippen molar-refractivity contribution in [1.29, 1.82) is 0 Å². The molecule has 0 fully saturated rings. The van der Waals surface area contributed by atoms with Crippen LogP contribution in [0.1, 0.15) is 15.9 Å². The molecule has 26 heavy (non-hydrogen) atoms. The van der Waals surface area contributed by atoms with Gasteiger partial charge in [0.05, 0.1) is 28.8 Å². The lowest BCUT2D eigenvalue weighted by atomic mass is 10.1. The number of methoxy groups -OCH3 is 1. The van der Waals surface area contributed by atoms with Gasteiger partial charge in [-0.3, -0.25) is 0 Å². The summed E-state index contributed by atoms with van der Waals surface area (Å²) in [5, 5.41) is 2.78. The molecule has 0 aromatic heterocycles. The lowest BCUT2D eigenvalue weighted by molar-refractivity contribution is -0.137. The van der Waals surface area contributed by atoms with Gasteiger partial charge in [-0.25, -0.2) is 17.9 Å². The third-order valence-electron chi connectivity index (χ3n) is 3.47. The Hall–Kier alpha value is -2.59. The standard InChI is InChI=1S/C16H15F3N2O4S/c1-20-26(23,24)12-7-8-14(13(9-12)15(22)25-2)21-11-5-3-10(4-6-11)16(17,18)19/h3-9,20-21H,1-2H3. The zero-order valence-corrected chi connectivity index (χ0v) is 14.5. The number of alkyl halides is 3. The molecule has 0 radical (unpaired) electrons. The lowest BCUT2D eigenvalue weighted by Gasteiger charge is -2.13. The van der Waals surface area contributed by atoms with E-state index in [2.05, 4.69) is 14.8 Å². The van der Waals surface area contributed by atoms with Gasteiger partial charge < -0.3 is 10.1 Å². The molecule has 0 spiro atoms. The molecule has 10 heteroatoms. The van der Waals surface area contributed by atoms with Crippen LogP contribution in [0.15, 0.2) is 47.4 Å². The second kappa shape index (κ2) is 7.34. The highest BCUT2D eigenvalue weighted by Crippen LogP contribution is 2.31. The second-order valence-electron chi connectivity index (χ2n) is 5.11. The van der Waals surface area contributed by atoms with Gasteiger partial charge in [0.25, 0.3) is 0 Å². The van der Waals surface area contributed by atoms with Crippen molar-refractivity contribution >= 4 is 27.4 Å². The molecule has 2 N–H and O–H groups in total. The highest BCUT2D eigenvalue weighted by Gasteiger charge is 2.30. The Balaban J connectivity index is 2.41. The number of hydrogen-bond donors (Lipinski definition) is 2. The van der Waals surface area contributed by atoms with Gasteiger partial charge in [-0.2, -0.15) is 13.2 Å². The molecule has 0 saturated carbocycles. The fraction of sp³-hybridized carbons (Fsp3) is 0.188. The summed E-state index contributed by atoms with van der Waals surface area (Å²) in [5.74, 6) is -0.799. The number of carbonyl (C=O) groups excluding carboxylic acids is 1. The van der Waals surface area contributed by atoms with Crippen LogP contribution in [0.25, 0.3) is 0 Å². The average Bonchev–Trinajstić information content (AvgIpc) is 2.61. The highest BCUT2D eigenvalue weighted by atomic mass is 32.2. The number of halogens is 3. The molecular formula is C16H15F3N2O4S. The molecule has 0 aliphatic rings. The van der Waals surface area contributed by atoms with Gasteiger partial charge in [0, 0.05) is 5.69 Å². The molecule has 0 heterocycles. The molecule has 0 aliphatic carbocycles. The van der Waals surface area contributed by atoms with Crippen LogP contribution in [-0.2, 0) is 20.9 Å². The normalized spacial score (nSPS) is 11.9. The van der Waals surface area contributed by atoms with Crippen LogP contribution in [0.3, 0.4) is 0 Å². The SMILES string of the molecule is CNS(=O)(=O)c1ccc(Nc2ccc(C(F)(F)F)cc2)c(C(=O)OC)c1. The van der Waals surface area contributed by atoms with Crippen LogP contribution >= 0.6 is 0 Å². The summed E-state index contributed by atoms with van der Waals surface area (Å²) < 4.78 is 68.3. The van der Waals surface area contributed by atoms with Crippen molar-refractivity contribution in [3.05, 3.63) is 53.6 Å². The minimum absolute atomic E-state index is 0.0799. The summed E-state index contributed by atoms with van der Waals surface area (Å²) in [4.78, 5) is 11.8. The zero-order chi connectivity index (χ0) is 19.5. The van der Waals surface area contributed by atoms with Crippen LogP contribution in [0.5, 0.6) is 0 Å². The number of sulfonamides is 1. The summed E-state index contributed by atoms with van der Waals surface area (Å²) in [6.07, 6.45) is -4.46. The predicted octanol–water partition coefficient (Wildman–Crippen LogP) is 3.14. The maximum absolute atomic E-state index is 12.6. The molecule has 0 atom stereocenters. The van der Waals surface area contributed by atoms with Gasteiger partial charge in [0.2, 0.25) is 10.0 Å². The van der Waals surface area contributed by atoms with E-state index in [1.807, 2.05) is 0 Å². The quantitative estimate of drug-likeness (QED) is 0.769. The number of carbonyl (C=O) groups is 1. The first kappa shape index (κ1) is 19.7. The molecule has 0 bridgehead atoms. The van der Waals surface area contributed by atoms with Crippen LogP contribution in [0.2, 0.25) is 0 Å². The highest BCUT2D eigenvalue weighted by molar-refractivity contribution is 7.89. The number of esters is 1. The van der Waals surface area contributed by atoms with E-state index < -0.39 is 27.7 Å². The number of ether oxygens (including phenoxy) is 1. The van der Waals surface area contributed by atoms with Crippen LogP contribution in [0.4, 0.5) is 24.5 Å². The van der Waals surface area contributed by atoms with Gasteiger partial charge in [0.1, 0.15) is 0 Å². The number of anilines is 2. The Morgan fingerprint density at radius 1 is 1.08 bits per heavy atom. The molecule has 2 aromatic carbocycles. The molecule has 2 aromatic rings. The minimum Gasteiger partial charge on any atom is -0.465 e. The predicted molar refractivity (Wildman–Crippen MR) is 88.8 cm³/mol. The first-order valence-corrected chi connectivity index (χ1v) is 8.67. The molecule has 140 valence electrons. The van der Waals surface area contributed by atoms with Crippen molar-refractivity contribution in [3.8, 4) is 0 Å². The molecule has 0 aliphatic heterocycles.